The molecule has 312 valence electrons. The normalized spacial score (nSPS) is 25.5. The summed E-state index contributed by atoms with van der Waals surface area (Å²) in [5.41, 5.74) is 5.41. The fourth-order valence-corrected chi connectivity index (χ4v) is 11.3. The summed E-state index contributed by atoms with van der Waals surface area (Å²) < 4.78 is 13.2. The number of ether oxygens (including phenoxy) is 2. The SMILES string of the molecule is C=C(C)[C@]1(C)C[C@H](C(=O)Nc2nc3ccc(OCC)cc3s2)[C@@]1(C)c1ccccc1.C=C(C)[C@]1(C)C[C@H](C(=O)Nc2nc3ccc(OCC)cc3s2)[C@@]1(C)c1ccccc1. The summed E-state index contributed by atoms with van der Waals surface area (Å²) >= 11 is 2.96. The zero-order valence-corrected chi connectivity index (χ0v) is 37.6. The summed E-state index contributed by atoms with van der Waals surface area (Å²) in [4.78, 5) is 35.9. The molecule has 2 aromatic heterocycles. The van der Waals surface area contributed by atoms with Crippen LogP contribution in [0.15, 0.2) is 121 Å². The maximum atomic E-state index is 13.3. The molecule has 2 N–H and O–H groups in total. The number of thiazole rings is 2. The second kappa shape index (κ2) is 16.6. The molecular weight excluding hydrogens is 785 g/mol. The van der Waals surface area contributed by atoms with Crippen LogP contribution < -0.4 is 20.1 Å². The summed E-state index contributed by atoms with van der Waals surface area (Å²) in [6.07, 6.45) is 1.55. The highest BCUT2D eigenvalue weighted by Crippen LogP contribution is 2.66. The van der Waals surface area contributed by atoms with Gasteiger partial charge in [-0.25, -0.2) is 9.97 Å². The fourth-order valence-electron chi connectivity index (χ4n) is 9.52. The summed E-state index contributed by atoms with van der Waals surface area (Å²) in [6.45, 7) is 26.6. The third kappa shape index (κ3) is 7.32. The van der Waals surface area contributed by atoms with Crippen molar-refractivity contribution in [3.05, 3.63) is 132 Å². The summed E-state index contributed by atoms with van der Waals surface area (Å²) in [5.74, 6) is 1.38. The quantitative estimate of drug-likeness (QED) is 0.119. The first-order valence-electron chi connectivity index (χ1n) is 20.7. The maximum absolute atomic E-state index is 13.3. The molecule has 0 aliphatic heterocycles. The van der Waals surface area contributed by atoms with E-state index < -0.39 is 0 Å². The van der Waals surface area contributed by atoms with Crippen molar-refractivity contribution >= 4 is 65.2 Å². The lowest BCUT2D eigenvalue weighted by Crippen LogP contribution is -2.62. The van der Waals surface area contributed by atoms with Gasteiger partial charge in [-0.2, -0.15) is 0 Å². The van der Waals surface area contributed by atoms with Crippen LogP contribution in [0, 0.1) is 22.7 Å². The average molecular weight is 841 g/mol. The Bertz CT molecular complexity index is 2390. The second-order valence-corrected chi connectivity index (χ2v) is 19.1. The summed E-state index contributed by atoms with van der Waals surface area (Å²) in [7, 11) is 0. The predicted molar refractivity (Wildman–Crippen MR) is 248 cm³/mol. The first kappa shape index (κ1) is 42.8. The topological polar surface area (TPSA) is 102 Å². The largest absolute Gasteiger partial charge is 0.494 e. The minimum atomic E-state index is -0.316. The van der Waals surface area contributed by atoms with E-state index in [2.05, 4.69) is 99.6 Å². The standard InChI is InChI=1S/2C25H28N2O2S/c2*1-6-29-18-12-13-20-21(14-18)30-23(26-20)27-22(28)19-15-24(4,16(2)3)25(19,5)17-10-8-7-9-11-17/h2*7-14,19H,2,6,15H2,1,3-5H3,(H,26,27,28)/t2*19-,24+,25-/m11/s1. The Morgan fingerprint density at radius 2 is 1.00 bits per heavy atom. The van der Waals surface area contributed by atoms with Crippen molar-refractivity contribution in [3.8, 4) is 11.5 Å². The number of anilines is 2. The van der Waals surface area contributed by atoms with Gasteiger partial charge in [0.15, 0.2) is 10.3 Å². The molecule has 4 aromatic carbocycles. The van der Waals surface area contributed by atoms with E-state index in [9.17, 15) is 9.59 Å². The molecule has 2 amide bonds. The third-order valence-corrected chi connectivity index (χ3v) is 15.8. The van der Waals surface area contributed by atoms with Crippen molar-refractivity contribution in [2.24, 2.45) is 22.7 Å². The third-order valence-electron chi connectivity index (χ3n) is 14.0. The van der Waals surface area contributed by atoms with E-state index in [4.69, 9.17) is 9.47 Å². The summed E-state index contributed by atoms with van der Waals surface area (Å²) in [6, 6.07) is 32.3. The molecule has 0 radical (unpaired) electrons. The Labute approximate surface area is 362 Å². The Balaban J connectivity index is 0.000000181. The van der Waals surface area contributed by atoms with Gasteiger partial charge in [0.05, 0.1) is 33.6 Å². The molecule has 10 heteroatoms. The van der Waals surface area contributed by atoms with Crippen LogP contribution in [0.1, 0.15) is 79.4 Å². The van der Waals surface area contributed by atoms with Gasteiger partial charge >= 0.3 is 0 Å². The molecule has 60 heavy (non-hydrogen) atoms. The van der Waals surface area contributed by atoms with Crippen molar-refractivity contribution in [1.29, 1.82) is 0 Å². The van der Waals surface area contributed by atoms with E-state index in [0.29, 0.717) is 23.5 Å². The van der Waals surface area contributed by atoms with Gasteiger partial charge in [-0.05, 0) is 98.9 Å². The smallest absolute Gasteiger partial charge is 0.230 e. The number of carbonyl (C=O) groups excluding carboxylic acids is 2. The van der Waals surface area contributed by atoms with Gasteiger partial charge in [0.25, 0.3) is 0 Å². The molecule has 2 heterocycles. The Morgan fingerprint density at radius 1 is 0.633 bits per heavy atom. The minimum absolute atomic E-state index is 0.0177. The van der Waals surface area contributed by atoms with Gasteiger partial charge in [0.1, 0.15) is 11.5 Å². The van der Waals surface area contributed by atoms with E-state index in [1.165, 1.54) is 33.8 Å². The van der Waals surface area contributed by atoms with Crippen molar-refractivity contribution in [2.75, 3.05) is 23.8 Å². The van der Waals surface area contributed by atoms with Crippen molar-refractivity contribution in [2.45, 2.75) is 79.1 Å². The minimum Gasteiger partial charge on any atom is -0.494 e. The van der Waals surface area contributed by atoms with Crippen LogP contribution >= 0.6 is 22.7 Å². The van der Waals surface area contributed by atoms with Crippen LogP contribution in [0.2, 0.25) is 0 Å². The molecule has 0 spiro atoms. The Hall–Kier alpha value is -5.32. The van der Waals surface area contributed by atoms with Gasteiger partial charge in [-0.15, -0.1) is 0 Å². The second-order valence-electron chi connectivity index (χ2n) is 17.0. The number of aromatic nitrogens is 2. The zero-order chi connectivity index (χ0) is 43.0. The highest BCUT2D eigenvalue weighted by molar-refractivity contribution is 7.22. The molecule has 2 fully saturated rings. The van der Waals surface area contributed by atoms with Crippen LogP contribution in [0.4, 0.5) is 10.3 Å². The molecular formula is C50H56N4O4S2. The molecule has 6 aromatic rings. The molecule has 0 bridgehead atoms. The number of hydrogen-bond donors (Lipinski definition) is 2. The predicted octanol–water partition coefficient (Wildman–Crippen LogP) is 12.4. The van der Waals surface area contributed by atoms with Crippen molar-refractivity contribution in [3.63, 3.8) is 0 Å². The number of benzene rings is 4. The maximum Gasteiger partial charge on any atom is 0.230 e. The first-order chi connectivity index (χ1) is 28.6. The average Bonchev–Trinajstić information content (AvgIpc) is 3.83. The molecule has 0 unspecified atom stereocenters. The van der Waals surface area contributed by atoms with Crippen LogP contribution in [-0.2, 0) is 20.4 Å². The number of hydrogen-bond acceptors (Lipinski definition) is 8. The zero-order valence-electron chi connectivity index (χ0n) is 36.0. The number of fused-ring (bicyclic) bond motifs is 2. The molecule has 2 aliphatic rings. The Kier molecular flexibility index (Phi) is 11.9. The lowest BCUT2D eigenvalue weighted by molar-refractivity contribution is -0.135. The monoisotopic (exact) mass is 840 g/mol. The molecule has 8 rings (SSSR count). The van der Waals surface area contributed by atoms with E-state index in [-0.39, 0.29) is 45.3 Å². The lowest BCUT2D eigenvalue weighted by Gasteiger charge is -2.62. The van der Waals surface area contributed by atoms with Crippen LogP contribution in [0.3, 0.4) is 0 Å². The molecule has 2 aliphatic carbocycles. The number of rotatable bonds is 12. The van der Waals surface area contributed by atoms with Gasteiger partial charge < -0.3 is 20.1 Å². The lowest BCUT2D eigenvalue weighted by atomic mass is 9.41. The van der Waals surface area contributed by atoms with Gasteiger partial charge in [0.2, 0.25) is 11.8 Å². The number of carbonyl (C=O) groups is 2. The Morgan fingerprint density at radius 3 is 1.33 bits per heavy atom. The fraction of sp³-hybridized carbons (Fsp3) is 0.360. The van der Waals surface area contributed by atoms with Gasteiger partial charge in [0, 0.05) is 22.7 Å². The number of nitrogens with one attached hydrogen (secondary N) is 2. The van der Waals surface area contributed by atoms with Gasteiger partial charge in [-0.3, -0.25) is 9.59 Å². The highest BCUT2D eigenvalue weighted by atomic mass is 32.1. The first-order valence-corrected chi connectivity index (χ1v) is 22.3. The van der Waals surface area contributed by atoms with Crippen molar-refractivity contribution < 1.29 is 19.1 Å². The highest BCUT2D eigenvalue weighted by Gasteiger charge is 2.64. The molecule has 6 atom stereocenters. The van der Waals surface area contributed by atoms with E-state index >= 15 is 0 Å². The summed E-state index contributed by atoms with van der Waals surface area (Å²) in [5, 5.41) is 7.42. The molecule has 8 nitrogen and oxygen atoms in total. The van der Waals surface area contributed by atoms with Gasteiger partial charge in [-0.1, -0.05) is 135 Å². The van der Waals surface area contributed by atoms with Crippen LogP contribution in [0.5, 0.6) is 11.5 Å². The molecule has 0 saturated heterocycles. The van der Waals surface area contributed by atoms with Crippen LogP contribution in [0.25, 0.3) is 20.4 Å². The number of nitrogens with zero attached hydrogens (tertiary/aromatic N) is 2. The van der Waals surface area contributed by atoms with Crippen molar-refractivity contribution in [1.82, 2.24) is 9.97 Å². The number of allylic oxidation sites excluding steroid dienone is 2. The number of amides is 2. The van der Waals surface area contributed by atoms with Crippen LogP contribution in [-0.4, -0.2) is 35.0 Å². The van der Waals surface area contributed by atoms with E-state index in [1.807, 2.05) is 86.6 Å². The molecule has 2 saturated carbocycles. The van der Waals surface area contributed by atoms with E-state index in [0.717, 1.165) is 55.9 Å². The van der Waals surface area contributed by atoms with E-state index in [1.54, 1.807) is 0 Å².